The third-order valence-corrected chi connectivity index (χ3v) is 7.69. The molecule has 7 aromatic rings. The fraction of sp³-hybridized carbons (Fsp3) is 0.0588. The summed E-state index contributed by atoms with van der Waals surface area (Å²) in [6.07, 6.45) is 0. The lowest BCUT2D eigenvalue weighted by Gasteiger charge is -2.23. The lowest BCUT2D eigenvalue weighted by molar-refractivity contribution is 0.669. The summed E-state index contributed by atoms with van der Waals surface area (Å²) in [6, 6.07) is 41.7. The molecule has 0 saturated heterocycles. The van der Waals surface area contributed by atoms with Crippen molar-refractivity contribution in [2.24, 2.45) is 0 Å². The molecule has 36 heavy (non-hydrogen) atoms. The monoisotopic (exact) mass is 460 g/mol. The van der Waals surface area contributed by atoms with Gasteiger partial charge in [0.15, 0.2) is 0 Å². The van der Waals surface area contributed by atoms with Gasteiger partial charge in [-0.1, -0.05) is 131 Å². The Morgan fingerprint density at radius 1 is 0.472 bits per heavy atom. The Kier molecular flexibility index (Phi) is 4.75. The second-order valence-corrected chi connectivity index (χ2v) is 9.82. The molecular formula is C34H25BO. The molecule has 6 aromatic carbocycles. The van der Waals surface area contributed by atoms with E-state index in [-0.39, 0.29) is 6.71 Å². The molecule has 170 valence electrons. The summed E-state index contributed by atoms with van der Waals surface area (Å²) in [5.74, 6) is 0. The Labute approximate surface area is 211 Å². The molecule has 0 fully saturated rings. The van der Waals surface area contributed by atoms with E-state index in [0.29, 0.717) is 0 Å². The summed E-state index contributed by atoms with van der Waals surface area (Å²) in [4.78, 5) is 0. The highest BCUT2D eigenvalue weighted by Crippen LogP contribution is 2.28. The quantitative estimate of drug-likeness (QED) is 0.258. The summed E-state index contributed by atoms with van der Waals surface area (Å²) in [5, 5.41) is 7.51. The van der Waals surface area contributed by atoms with Gasteiger partial charge in [-0.2, -0.15) is 0 Å². The number of hydrogen-bond acceptors (Lipinski definition) is 1. The first-order valence-corrected chi connectivity index (χ1v) is 12.6. The zero-order chi connectivity index (χ0) is 24.2. The van der Waals surface area contributed by atoms with Crippen molar-refractivity contribution in [2.45, 2.75) is 13.8 Å². The summed E-state index contributed by atoms with van der Waals surface area (Å²) in [6.45, 7) is 4.59. The van der Waals surface area contributed by atoms with Crippen LogP contribution in [0.15, 0.2) is 120 Å². The number of benzene rings is 6. The molecule has 0 amide bonds. The van der Waals surface area contributed by atoms with Gasteiger partial charge < -0.3 is 4.42 Å². The Morgan fingerprint density at radius 2 is 1.00 bits per heavy atom. The van der Waals surface area contributed by atoms with Gasteiger partial charge in [-0.3, -0.25) is 0 Å². The van der Waals surface area contributed by atoms with E-state index in [4.69, 9.17) is 4.42 Å². The molecule has 0 bridgehead atoms. The third kappa shape index (κ3) is 3.18. The Morgan fingerprint density at radius 3 is 1.64 bits per heavy atom. The van der Waals surface area contributed by atoms with Crippen LogP contribution < -0.4 is 16.4 Å². The van der Waals surface area contributed by atoms with E-state index in [9.17, 15) is 0 Å². The Balaban J connectivity index is 1.62. The first-order valence-electron chi connectivity index (χ1n) is 12.6. The molecular weight excluding hydrogens is 435 g/mol. The molecule has 0 atom stereocenters. The summed E-state index contributed by atoms with van der Waals surface area (Å²) < 4.78 is 6.19. The van der Waals surface area contributed by atoms with Crippen LogP contribution in [0.4, 0.5) is 0 Å². The minimum absolute atomic E-state index is 0.0836. The van der Waals surface area contributed by atoms with Crippen molar-refractivity contribution in [3.63, 3.8) is 0 Å². The molecule has 7 rings (SSSR count). The van der Waals surface area contributed by atoms with Crippen molar-refractivity contribution < 1.29 is 4.42 Å². The molecule has 1 aromatic heterocycles. The molecule has 1 nitrogen and oxygen atoms in total. The van der Waals surface area contributed by atoms with Crippen molar-refractivity contribution in [1.29, 1.82) is 0 Å². The van der Waals surface area contributed by atoms with E-state index < -0.39 is 0 Å². The van der Waals surface area contributed by atoms with Gasteiger partial charge in [0.1, 0.15) is 11.2 Å². The molecule has 0 unspecified atom stereocenters. The Hall–Kier alpha value is -4.30. The molecule has 0 spiro atoms. The van der Waals surface area contributed by atoms with Gasteiger partial charge in [-0.05, 0) is 47.5 Å². The van der Waals surface area contributed by atoms with E-state index in [1.54, 1.807) is 0 Å². The van der Waals surface area contributed by atoms with Gasteiger partial charge >= 0.3 is 0 Å². The second-order valence-electron chi connectivity index (χ2n) is 9.82. The van der Waals surface area contributed by atoms with E-state index in [2.05, 4.69) is 123 Å². The maximum absolute atomic E-state index is 6.19. The standard InChI is InChI=1S/C34H25BO/c1-22-15-17-24-9-3-5-11-27(24)33(22)35(34-23(2)16-18-25-10-4-6-12-28(25)34)26-19-20-32-30(21-26)29-13-7-8-14-31(29)36-32/h3-21H,1-2H3. The number of para-hydroxylation sites is 1. The Bertz CT molecular complexity index is 1840. The molecule has 0 aliphatic carbocycles. The maximum atomic E-state index is 6.19. The summed E-state index contributed by atoms with van der Waals surface area (Å²) >= 11 is 0. The molecule has 0 N–H and O–H groups in total. The van der Waals surface area contributed by atoms with Crippen LogP contribution in [0.3, 0.4) is 0 Å². The molecule has 0 aliphatic rings. The highest BCUT2D eigenvalue weighted by atomic mass is 16.3. The minimum atomic E-state index is 0.0836. The fourth-order valence-corrected chi connectivity index (χ4v) is 5.98. The van der Waals surface area contributed by atoms with Crippen LogP contribution in [-0.2, 0) is 0 Å². The van der Waals surface area contributed by atoms with Crippen LogP contribution in [0.25, 0.3) is 43.5 Å². The first kappa shape index (κ1) is 21.0. The summed E-state index contributed by atoms with van der Waals surface area (Å²) in [5.41, 5.74) is 8.52. The SMILES string of the molecule is Cc1ccc2ccccc2c1B(c1ccc2oc3ccccc3c2c1)c1c(C)ccc2ccccc12. The smallest absolute Gasteiger partial charge is 0.243 e. The number of hydrogen-bond donors (Lipinski definition) is 0. The lowest BCUT2D eigenvalue weighted by Crippen LogP contribution is -2.54. The number of fused-ring (bicyclic) bond motifs is 5. The molecule has 0 aliphatic heterocycles. The molecule has 0 saturated carbocycles. The van der Waals surface area contributed by atoms with E-state index >= 15 is 0 Å². The van der Waals surface area contributed by atoms with Crippen LogP contribution >= 0.6 is 0 Å². The maximum Gasteiger partial charge on any atom is 0.243 e. The normalized spacial score (nSPS) is 11.6. The topological polar surface area (TPSA) is 13.1 Å². The van der Waals surface area contributed by atoms with Crippen LogP contribution in [0.2, 0.25) is 0 Å². The van der Waals surface area contributed by atoms with E-state index in [1.807, 2.05) is 6.07 Å². The van der Waals surface area contributed by atoms with Crippen molar-refractivity contribution in [3.8, 4) is 0 Å². The van der Waals surface area contributed by atoms with Gasteiger partial charge in [0.25, 0.3) is 0 Å². The van der Waals surface area contributed by atoms with Crippen LogP contribution in [-0.4, -0.2) is 6.71 Å². The minimum Gasteiger partial charge on any atom is -0.456 e. The largest absolute Gasteiger partial charge is 0.456 e. The fourth-order valence-electron chi connectivity index (χ4n) is 5.98. The molecule has 0 radical (unpaired) electrons. The zero-order valence-electron chi connectivity index (χ0n) is 20.5. The molecule has 1 heterocycles. The molecule has 2 heteroatoms. The van der Waals surface area contributed by atoms with E-state index in [0.717, 1.165) is 16.6 Å². The van der Waals surface area contributed by atoms with E-state index in [1.165, 1.54) is 54.4 Å². The van der Waals surface area contributed by atoms with Crippen molar-refractivity contribution in [3.05, 3.63) is 126 Å². The second kappa shape index (κ2) is 8.14. The van der Waals surface area contributed by atoms with Gasteiger partial charge in [0.05, 0.1) is 0 Å². The van der Waals surface area contributed by atoms with Crippen molar-refractivity contribution in [1.82, 2.24) is 0 Å². The van der Waals surface area contributed by atoms with Crippen molar-refractivity contribution >= 4 is 66.6 Å². The zero-order valence-corrected chi connectivity index (χ0v) is 20.5. The van der Waals surface area contributed by atoms with Crippen LogP contribution in [0.5, 0.6) is 0 Å². The van der Waals surface area contributed by atoms with Gasteiger partial charge in [0, 0.05) is 10.8 Å². The average molecular weight is 460 g/mol. The van der Waals surface area contributed by atoms with Gasteiger partial charge in [0.2, 0.25) is 6.71 Å². The van der Waals surface area contributed by atoms with Gasteiger partial charge in [-0.25, -0.2) is 0 Å². The number of furan rings is 1. The highest BCUT2D eigenvalue weighted by Gasteiger charge is 2.29. The average Bonchev–Trinajstić information content (AvgIpc) is 3.29. The number of aryl methyl sites for hydroxylation is 2. The van der Waals surface area contributed by atoms with Crippen LogP contribution in [0, 0.1) is 13.8 Å². The predicted molar refractivity (Wildman–Crippen MR) is 156 cm³/mol. The summed E-state index contributed by atoms with van der Waals surface area (Å²) in [7, 11) is 0. The first-order chi connectivity index (χ1) is 17.7. The lowest BCUT2D eigenvalue weighted by atomic mass is 9.34. The van der Waals surface area contributed by atoms with Crippen LogP contribution in [0.1, 0.15) is 11.1 Å². The third-order valence-electron chi connectivity index (χ3n) is 7.69. The van der Waals surface area contributed by atoms with Gasteiger partial charge in [-0.15, -0.1) is 0 Å². The highest BCUT2D eigenvalue weighted by molar-refractivity contribution is 6.98. The predicted octanol–water partition coefficient (Wildman–Crippen LogP) is 7.03. The van der Waals surface area contributed by atoms with Crippen molar-refractivity contribution in [2.75, 3.05) is 0 Å². The number of rotatable bonds is 3.